The number of unbranched alkanes of at least 4 members (excludes halogenated alkanes) is 1. The van der Waals surface area contributed by atoms with Gasteiger partial charge in [-0.05, 0) is 18.6 Å². The first-order chi connectivity index (χ1) is 8.45. The maximum Gasteiger partial charge on any atom is 0.419 e. The van der Waals surface area contributed by atoms with Gasteiger partial charge in [0.05, 0.1) is 5.56 Å². The Kier molecular flexibility index (Phi) is 4.78. The van der Waals surface area contributed by atoms with Gasteiger partial charge >= 0.3 is 12.1 Å². The molecule has 0 bridgehead atoms. The molecule has 2 nitrogen and oxygen atoms in total. The first kappa shape index (κ1) is 14.1. The van der Waals surface area contributed by atoms with Gasteiger partial charge in [-0.1, -0.05) is 25.0 Å². The van der Waals surface area contributed by atoms with E-state index in [9.17, 15) is 18.0 Å². The fourth-order valence-corrected chi connectivity index (χ4v) is 1.17. The molecule has 0 saturated heterocycles. The highest BCUT2D eigenvalue weighted by molar-refractivity contribution is 5.90. The van der Waals surface area contributed by atoms with E-state index in [1.165, 1.54) is 12.1 Å². The van der Waals surface area contributed by atoms with Gasteiger partial charge in [-0.2, -0.15) is 13.2 Å². The summed E-state index contributed by atoms with van der Waals surface area (Å²) in [5.41, 5.74) is -0.990. The first-order valence-electron chi connectivity index (χ1n) is 5.32. The molecule has 1 rings (SSSR count). The van der Waals surface area contributed by atoms with Crippen LogP contribution in [0, 0.1) is 11.8 Å². The minimum absolute atomic E-state index is 0.496. The molecule has 0 unspecified atom stereocenters. The van der Waals surface area contributed by atoms with Crippen LogP contribution in [0.5, 0.6) is 5.75 Å². The molecule has 1 aromatic carbocycles. The quantitative estimate of drug-likeness (QED) is 0.351. The lowest BCUT2D eigenvalue weighted by Crippen LogP contribution is -2.12. The molecule has 96 valence electrons. The Hall–Kier alpha value is -1.96. The number of ether oxygens (including phenoxy) is 1. The second kappa shape index (κ2) is 6.10. The summed E-state index contributed by atoms with van der Waals surface area (Å²) in [6.45, 7) is 1.87. The number of para-hydroxylation sites is 1. The average Bonchev–Trinajstić information content (AvgIpc) is 2.28. The molecule has 1 aromatic rings. The zero-order chi connectivity index (χ0) is 13.6. The maximum atomic E-state index is 12.6. The van der Waals surface area contributed by atoms with E-state index in [1.54, 1.807) is 0 Å². The Labute approximate surface area is 103 Å². The Bertz CT molecular complexity index is 481. The Morgan fingerprint density at radius 2 is 2.00 bits per heavy atom. The smallest absolute Gasteiger partial charge is 0.416 e. The van der Waals surface area contributed by atoms with Gasteiger partial charge in [0.25, 0.3) is 0 Å². The third-order valence-electron chi connectivity index (χ3n) is 1.96. The summed E-state index contributed by atoms with van der Waals surface area (Å²) in [7, 11) is 0. The van der Waals surface area contributed by atoms with Gasteiger partial charge in [0.2, 0.25) is 0 Å². The molecule has 0 aliphatic carbocycles. The molecule has 0 heterocycles. The van der Waals surface area contributed by atoms with Crippen LogP contribution in [0.15, 0.2) is 24.3 Å². The van der Waals surface area contributed by atoms with Crippen LogP contribution in [0.4, 0.5) is 13.2 Å². The van der Waals surface area contributed by atoms with Crippen molar-refractivity contribution in [1.29, 1.82) is 0 Å². The van der Waals surface area contributed by atoms with Crippen molar-refractivity contribution in [1.82, 2.24) is 0 Å². The topological polar surface area (TPSA) is 26.3 Å². The molecule has 0 amide bonds. The molecule has 0 spiro atoms. The molecule has 0 aromatic heterocycles. The predicted molar refractivity (Wildman–Crippen MR) is 59.8 cm³/mol. The number of carbonyl (C=O) groups excluding carboxylic acids is 1. The molecule has 0 radical (unpaired) electrons. The standard InChI is InChI=1S/C13H11F3O2/c1-2-3-4-9-12(17)18-11-8-6-5-7-10(11)13(14,15)16/h5-8H,2-3H2,1H3. The van der Waals surface area contributed by atoms with Crippen molar-refractivity contribution < 1.29 is 22.7 Å². The van der Waals surface area contributed by atoms with Crippen molar-refractivity contribution in [3.8, 4) is 17.6 Å². The molecular weight excluding hydrogens is 245 g/mol. The van der Waals surface area contributed by atoms with Gasteiger partial charge in [-0.3, -0.25) is 0 Å². The summed E-state index contributed by atoms with van der Waals surface area (Å²) in [5.74, 6) is 3.13. The van der Waals surface area contributed by atoms with Crippen LogP contribution in [-0.2, 0) is 11.0 Å². The minimum Gasteiger partial charge on any atom is -0.416 e. The monoisotopic (exact) mass is 256 g/mol. The SMILES string of the molecule is CCCC#CC(=O)Oc1ccccc1C(F)(F)F. The fraction of sp³-hybridized carbons (Fsp3) is 0.308. The van der Waals surface area contributed by atoms with Crippen LogP contribution in [0.3, 0.4) is 0 Å². The van der Waals surface area contributed by atoms with Gasteiger partial charge < -0.3 is 4.74 Å². The molecule has 0 N–H and O–H groups in total. The summed E-state index contributed by atoms with van der Waals surface area (Å²) in [5, 5.41) is 0. The predicted octanol–water partition coefficient (Wildman–Crippen LogP) is 3.41. The largest absolute Gasteiger partial charge is 0.419 e. The van der Waals surface area contributed by atoms with Crippen molar-refractivity contribution in [2.24, 2.45) is 0 Å². The number of halogens is 3. The first-order valence-corrected chi connectivity index (χ1v) is 5.32. The lowest BCUT2D eigenvalue weighted by molar-refractivity contribution is -0.140. The van der Waals surface area contributed by atoms with Gasteiger partial charge in [-0.15, -0.1) is 0 Å². The summed E-state index contributed by atoms with van der Waals surface area (Å²) in [6.07, 6.45) is -3.30. The molecule has 5 heteroatoms. The molecule has 0 saturated carbocycles. The highest BCUT2D eigenvalue weighted by Crippen LogP contribution is 2.35. The van der Waals surface area contributed by atoms with E-state index < -0.39 is 23.5 Å². The van der Waals surface area contributed by atoms with Gasteiger partial charge in [0.1, 0.15) is 5.75 Å². The van der Waals surface area contributed by atoms with E-state index in [0.29, 0.717) is 6.42 Å². The highest BCUT2D eigenvalue weighted by atomic mass is 19.4. The lowest BCUT2D eigenvalue weighted by atomic mass is 10.2. The van der Waals surface area contributed by atoms with Crippen LogP contribution in [0.1, 0.15) is 25.3 Å². The molecule has 0 fully saturated rings. The number of rotatable bonds is 2. The average molecular weight is 256 g/mol. The van der Waals surface area contributed by atoms with Crippen molar-refractivity contribution in [2.45, 2.75) is 25.9 Å². The summed E-state index contributed by atoms with van der Waals surface area (Å²) < 4.78 is 42.3. The number of alkyl halides is 3. The van der Waals surface area contributed by atoms with Crippen LogP contribution in [-0.4, -0.2) is 5.97 Å². The van der Waals surface area contributed by atoms with E-state index in [-0.39, 0.29) is 0 Å². The van der Waals surface area contributed by atoms with Gasteiger partial charge in [-0.25, -0.2) is 4.79 Å². The number of carbonyl (C=O) groups is 1. The van der Waals surface area contributed by atoms with E-state index in [1.807, 2.05) is 6.92 Å². The van der Waals surface area contributed by atoms with E-state index in [0.717, 1.165) is 18.6 Å². The van der Waals surface area contributed by atoms with Crippen LogP contribution < -0.4 is 4.74 Å². The van der Waals surface area contributed by atoms with Crippen LogP contribution >= 0.6 is 0 Å². The zero-order valence-electron chi connectivity index (χ0n) is 9.67. The maximum absolute atomic E-state index is 12.6. The molecule has 0 aliphatic heterocycles. The molecular formula is C13H11F3O2. The second-order valence-electron chi connectivity index (χ2n) is 3.44. The second-order valence-corrected chi connectivity index (χ2v) is 3.44. The van der Waals surface area contributed by atoms with Crippen LogP contribution in [0.25, 0.3) is 0 Å². The van der Waals surface area contributed by atoms with Crippen molar-refractivity contribution in [2.75, 3.05) is 0 Å². The Morgan fingerprint density at radius 3 is 2.61 bits per heavy atom. The summed E-state index contributed by atoms with van der Waals surface area (Å²) in [6, 6.07) is 4.52. The fourth-order valence-electron chi connectivity index (χ4n) is 1.17. The third-order valence-corrected chi connectivity index (χ3v) is 1.96. The Morgan fingerprint density at radius 1 is 1.33 bits per heavy atom. The summed E-state index contributed by atoms with van der Waals surface area (Å²) in [4.78, 5) is 11.2. The number of hydrogen-bond acceptors (Lipinski definition) is 2. The number of benzene rings is 1. The Balaban J connectivity index is 2.86. The minimum atomic E-state index is -4.56. The van der Waals surface area contributed by atoms with Gasteiger partial charge in [0, 0.05) is 12.3 Å². The van der Waals surface area contributed by atoms with Crippen molar-refractivity contribution >= 4 is 5.97 Å². The molecule has 18 heavy (non-hydrogen) atoms. The molecule has 0 aliphatic rings. The molecule has 0 atom stereocenters. The summed E-state index contributed by atoms with van der Waals surface area (Å²) >= 11 is 0. The lowest BCUT2D eigenvalue weighted by Gasteiger charge is -2.10. The van der Waals surface area contributed by atoms with E-state index >= 15 is 0 Å². The normalized spacial score (nSPS) is 10.4. The highest BCUT2D eigenvalue weighted by Gasteiger charge is 2.34. The third kappa shape index (κ3) is 4.13. The number of esters is 1. The van der Waals surface area contributed by atoms with Crippen molar-refractivity contribution in [3.05, 3.63) is 29.8 Å². The number of hydrogen-bond donors (Lipinski definition) is 0. The van der Waals surface area contributed by atoms with E-state index in [4.69, 9.17) is 0 Å². The van der Waals surface area contributed by atoms with Crippen LogP contribution in [0.2, 0.25) is 0 Å². The van der Waals surface area contributed by atoms with E-state index in [2.05, 4.69) is 16.6 Å². The van der Waals surface area contributed by atoms with Gasteiger partial charge in [0.15, 0.2) is 0 Å². The zero-order valence-corrected chi connectivity index (χ0v) is 9.67. The van der Waals surface area contributed by atoms with Crippen molar-refractivity contribution in [3.63, 3.8) is 0 Å².